The van der Waals surface area contributed by atoms with E-state index in [-0.39, 0.29) is 6.54 Å². The molecule has 7 heteroatoms. The molecule has 0 spiro atoms. The van der Waals surface area contributed by atoms with Crippen LogP contribution in [0.15, 0.2) is 0 Å². The van der Waals surface area contributed by atoms with Crippen LogP contribution in [0.2, 0.25) is 0 Å². The molecule has 4 nitrogen and oxygen atoms in total. The summed E-state index contributed by atoms with van der Waals surface area (Å²) in [7, 11) is 3.82. The summed E-state index contributed by atoms with van der Waals surface area (Å²) >= 11 is 0. The van der Waals surface area contributed by atoms with Crippen molar-refractivity contribution in [2.75, 3.05) is 40.3 Å². The number of alkyl halides is 3. The molecule has 0 aromatic rings. The molecule has 0 radical (unpaired) electrons. The summed E-state index contributed by atoms with van der Waals surface area (Å²) in [5.74, 6) is -0.414. The highest BCUT2D eigenvalue weighted by Gasteiger charge is 2.26. The van der Waals surface area contributed by atoms with Crippen molar-refractivity contribution >= 4 is 5.91 Å². The van der Waals surface area contributed by atoms with Crippen molar-refractivity contribution in [1.82, 2.24) is 15.5 Å². The van der Waals surface area contributed by atoms with Crippen LogP contribution in [0, 0.1) is 0 Å². The second kappa shape index (κ2) is 7.45. The Morgan fingerprint density at radius 1 is 1.31 bits per heavy atom. The van der Waals surface area contributed by atoms with Crippen molar-refractivity contribution in [3.05, 3.63) is 0 Å². The van der Waals surface area contributed by atoms with Crippen molar-refractivity contribution < 1.29 is 18.0 Å². The standard InChI is InChI=1S/C9H18F3N3O/c1-15(2)5-3-4-14-8(16)6-13-7-9(10,11)12/h13H,3-7H2,1-2H3,(H,14,16). The van der Waals surface area contributed by atoms with Gasteiger partial charge in [0.2, 0.25) is 5.91 Å². The van der Waals surface area contributed by atoms with E-state index in [0.29, 0.717) is 6.54 Å². The summed E-state index contributed by atoms with van der Waals surface area (Å²) in [6.07, 6.45) is -3.50. The van der Waals surface area contributed by atoms with Crippen LogP contribution in [0.5, 0.6) is 0 Å². The molecule has 16 heavy (non-hydrogen) atoms. The first-order valence-electron chi connectivity index (χ1n) is 5.00. The lowest BCUT2D eigenvalue weighted by molar-refractivity contribution is -0.128. The number of carbonyl (C=O) groups excluding carboxylic acids is 1. The summed E-state index contributed by atoms with van der Waals surface area (Å²) < 4.78 is 35.1. The fraction of sp³-hybridized carbons (Fsp3) is 0.889. The lowest BCUT2D eigenvalue weighted by Crippen LogP contribution is -2.38. The molecule has 0 saturated heterocycles. The molecular formula is C9H18F3N3O. The van der Waals surface area contributed by atoms with Gasteiger partial charge in [-0.3, -0.25) is 4.79 Å². The first-order chi connectivity index (χ1) is 7.31. The topological polar surface area (TPSA) is 44.4 Å². The van der Waals surface area contributed by atoms with Crippen molar-refractivity contribution in [2.45, 2.75) is 12.6 Å². The number of rotatable bonds is 7. The predicted octanol–water partition coefficient (Wildman–Crippen LogP) is 0.206. The Labute approximate surface area is 93.2 Å². The van der Waals surface area contributed by atoms with Crippen LogP contribution in [-0.2, 0) is 4.79 Å². The summed E-state index contributed by atoms with van der Waals surface area (Å²) in [5.41, 5.74) is 0. The van der Waals surface area contributed by atoms with Crippen molar-refractivity contribution in [3.8, 4) is 0 Å². The van der Waals surface area contributed by atoms with Gasteiger partial charge in [-0.2, -0.15) is 13.2 Å². The quantitative estimate of drug-likeness (QED) is 0.626. The Morgan fingerprint density at radius 3 is 2.44 bits per heavy atom. The number of hydrogen-bond acceptors (Lipinski definition) is 3. The third-order valence-electron chi connectivity index (χ3n) is 1.72. The van der Waals surface area contributed by atoms with Gasteiger partial charge in [-0.15, -0.1) is 0 Å². The molecule has 0 bridgehead atoms. The first kappa shape index (κ1) is 15.2. The number of nitrogens with one attached hydrogen (secondary N) is 2. The monoisotopic (exact) mass is 241 g/mol. The normalized spacial score (nSPS) is 11.9. The van der Waals surface area contributed by atoms with Gasteiger partial charge in [-0.1, -0.05) is 0 Å². The zero-order valence-electron chi connectivity index (χ0n) is 9.52. The summed E-state index contributed by atoms with van der Waals surface area (Å²) in [5, 5.41) is 4.56. The number of nitrogens with zero attached hydrogens (tertiary/aromatic N) is 1. The smallest absolute Gasteiger partial charge is 0.355 e. The maximum Gasteiger partial charge on any atom is 0.401 e. The molecule has 0 aromatic carbocycles. The zero-order valence-corrected chi connectivity index (χ0v) is 9.52. The molecule has 0 atom stereocenters. The average molecular weight is 241 g/mol. The third-order valence-corrected chi connectivity index (χ3v) is 1.72. The fourth-order valence-electron chi connectivity index (χ4n) is 1.00. The molecule has 2 N–H and O–H groups in total. The van der Waals surface area contributed by atoms with E-state index < -0.39 is 18.6 Å². The van der Waals surface area contributed by atoms with E-state index in [0.717, 1.165) is 13.0 Å². The molecule has 0 rings (SSSR count). The van der Waals surface area contributed by atoms with E-state index in [1.165, 1.54) is 0 Å². The number of carbonyl (C=O) groups is 1. The second-order valence-electron chi connectivity index (χ2n) is 3.73. The van der Waals surface area contributed by atoms with Crippen LogP contribution in [-0.4, -0.2) is 57.3 Å². The minimum atomic E-state index is -4.27. The van der Waals surface area contributed by atoms with E-state index >= 15 is 0 Å². The molecule has 0 aliphatic rings. The zero-order chi connectivity index (χ0) is 12.6. The minimum Gasteiger partial charge on any atom is -0.355 e. The van der Waals surface area contributed by atoms with Crippen LogP contribution < -0.4 is 10.6 Å². The minimum absolute atomic E-state index is 0.304. The van der Waals surface area contributed by atoms with E-state index in [4.69, 9.17) is 0 Å². The van der Waals surface area contributed by atoms with Crippen LogP contribution in [0.25, 0.3) is 0 Å². The fourth-order valence-corrected chi connectivity index (χ4v) is 1.00. The van der Waals surface area contributed by atoms with E-state index in [2.05, 4.69) is 5.32 Å². The van der Waals surface area contributed by atoms with Gasteiger partial charge in [-0.25, -0.2) is 0 Å². The predicted molar refractivity (Wildman–Crippen MR) is 55.1 cm³/mol. The molecule has 0 fully saturated rings. The molecule has 0 aromatic heterocycles. The highest BCUT2D eigenvalue weighted by Crippen LogP contribution is 2.11. The Balaban J connectivity index is 3.39. The van der Waals surface area contributed by atoms with Gasteiger partial charge in [0, 0.05) is 6.54 Å². The highest BCUT2D eigenvalue weighted by molar-refractivity contribution is 5.77. The van der Waals surface area contributed by atoms with E-state index in [1.807, 2.05) is 24.3 Å². The lowest BCUT2D eigenvalue weighted by Gasteiger charge is -2.10. The van der Waals surface area contributed by atoms with Gasteiger partial charge in [0.25, 0.3) is 0 Å². The van der Waals surface area contributed by atoms with Crippen molar-refractivity contribution in [2.24, 2.45) is 0 Å². The lowest BCUT2D eigenvalue weighted by atomic mass is 10.4. The molecule has 0 heterocycles. The average Bonchev–Trinajstić information content (AvgIpc) is 2.10. The summed E-state index contributed by atoms with van der Waals surface area (Å²) in [4.78, 5) is 13.0. The van der Waals surface area contributed by atoms with Crippen LogP contribution in [0.4, 0.5) is 13.2 Å². The Morgan fingerprint density at radius 2 is 1.94 bits per heavy atom. The van der Waals surface area contributed by atoms with Crippen LogP contribution in [0.1, 0.15) is 6.42 Å². The Kier molecular flexibility index (Phi) is 7.07. The number of halogens is 3. The van der Waals surface area contributed by atoms with Gasteiger partial charge < -0.3 is 15.5 Å². The Bertz CT molecular complexity index is 207. The third kappa shape index (κ3) is 11.3. The number of amides is 1. The maximum atomic E-state index is 11.7. The molecule has 0 saturated carbocycles. The van der Waals surface area contributed by atoms with Gasteiger partial charge in [0.05, 0.1) is 13.1 Å². The van der Waals surface area contributed by atoms with E-state index in [1.54, 1.807) is 0 Å². The van der Waals surface area contributed by atoms with Gasteiger partial charge in [0.15, 0.2) is 0 Å². The maximum absolute atomic E-state index is 11.7. The summed E-state index contributed by atoms with van der Waals surface area (Å²) in [6, 6.07) is 0. The van der Waals surface area contributed by atoms with Crippen LogP contribution >= 0.6 is 0 Å². The molecule has 0 aliphatic carbocycles. The molecule has 96 valence electrons. The van der Waals surface area contributed by atoms with E-state index in [9.17, 15) is 18.0 Å². The van der Waals surface area contributed by atoms with Crippen molar-refractivity contribution in [3.63, 3.8) is 0 Å². The summed E-state index contributed by atoms with van der Waals surface area (Å²) in [6.45, 7) is -0.138. The molecular weight excluding hydrogens is 223 g/mol. The molecule has 0 aliphatic heterocycles. The number of hydrogen-bond donors (Lipinski definition) is 2. The van der Waals surface area contributed by atoms with Gasteiger partial charge >= 0.3 is 6.18 Å². The highest BCUT2D eigenvalue weighted by atomic mass is 19.4. The van der Waals surface area contributed by atoms with Crippen molar-refractivity contribution in [1.29, 1.82) is 0 Å². The van der Waals surface area contributed by atoms with Crippen LogP contribution in [0.3, 0.4) is 0 Å². The largest absolute Gasteiger partial charge is 0.401 e. The SMILES string of the molecule is CN(C)CCCNC(=O)CNCC(F)(F)F. The molecule has 0 unspecified atom stereocenters. The first-order valence-corrected chi connectivity index (χ1v) is 5.00. The Hall–Kier alpha value is -0.820. The molecule has 1 amide bonds. The van der Waals surface area contributed by atoms with Gasteiger partial charge in [-0.05, 0) is 27.1 Å². The van der Waals surface area contributed by atoms with Gasteiger partial charge in [0.1, 0.15) is 0 Å². The second-order valence-corrected chi connectivity index (χ2v) is 3.73.